The topological polar surface area (TPSA) is 20.2 Å². The Morgan fingerprint density at radius 2 is 1.71 bits per heavy atom. The van der Waals surface area contributed by atoms with Crippen LogP contribution >= 0.6 is 11.6 Å². The summed E-state index contributed by atoms with van der Waals surface area (Å²) in [6.07, 6.45) is -0.832. The van der Waals surface area contributed by atoms with E-state index >= 15 is 0 Å². The van der Waals surface area contributed by atoms with Crippen molar-refractivity contribution in [3.63, 3.8) is 0 Å². The van der Waals surface area contributed by atoms with Crippen LogP contribution in [0, 0.1) is 12.7 Å². The first kappa shape index (κ1) is 12.1. The third-order valence-electron chi connectivity index (χ3n) is 2.57. The summed E-state index contributed by atoms with van der Waals surface area (Å²) >= 11 is 5.77. The number of aliphatic hydroxyl groups is 1. The number of aliphatic hydroxyl groups excluding tert-OH is 1. The lowest BCUT2D eigenvalue weighted by Gasteiger charge is -2.12. The van der Waals surface area contributed by atoms with Crippen LogP contribution in [-0.2, 0) is 0 Å². The Morgan fingerprint density at radius 1 is 1.06 bits per heavy atom. The van der Waals surface area contributed by atoms with Crippen molar-refractivity contribution in [1.29, 1.82) is 0 Å². The second kappa shape index (κ2) is 4.86. The van der Waals surface area contributed by atoms with E-state index in [4.69, 9.17) is 11.6 Å². The lowest BCUT2D eigenvalue weighted by atomic mass is 10.00. The van der Waals surface area contributed by atoms with E-state index in [2.05, 4.69) is 0 Å². The van der Waals surface area contributed by atoms with Crippen LogP contribution in [0.3, 0.4) is 0 Å². The minimum atomic E-state index is -0.832. The van der Waals surface area contributed by atoms with Crippen LogP contribution in [-0.4, -0.2) is 5.11 Å². The standard InChI is InChI=1S/C14H12ClFO/c1-9-6-11(8-13(16)7-9)14(17)10-2-4-12(15)5-3-10/h2-8,14,17H,1H3. The summed E-state index contributed by atoms with van der Waals surface area (Å²) in [7, 11) is 0. The molecule has 2 aromatic rings. The van der Waals surface area contributed by atoms with Crippen LogP contribution in [0.25, 0.3) is 0 Å². The quantitative estimate of drug-likeness (QED) is 0.858. The first-order valence-electron chi connectivity index (χ1n) is 5.27. The molecule has 2 aromatic carbocycles. The summed E-state index contributed by atoms with van der Waals surface area (Å²) in [4.78, 5) is 0. The summed E-state index contributed by atoms with van der Waals surface area (Å²) in [6.45, 7) is 1.79. The second-order valence-electron chi connectivity index (χ2n) is 4.02. The number of hydrogen-bond donors (Lipinski definition) is 1. The third kappa shape index (κ3) is 2.84. The van der Waals surface area contributed by atoms with Gasteiger partial charge in [-0.15, -0.1) is 0 Å². The Morgan fingerprint density at radius 3 is 2.29 bits per heavy atom. The van der Waals surface area contributed by atoms with E-state index in [0.29, 0.717) is 16.1 Å². The van der Waals surface area contributed by atoms with Crippen LogP contribution < -0.4 is 0 Å². The number of aryl methyl sites for hydroxylation is 1. The highest BCUT2D eigenvalue weighted by atomic mass is 35.5. The maximum absolute atomic E-state index is 13.2. The van der Waals surface area contributed by atoms with E-state index in [9.17, 15) is 9.50 Å². The number of rotatable bonds is 2. The minimum absolute atomic E-state index is 0.340. The van der Waals surface area contributed by atoms with Gasteiger partial charge in [-0.25, -0.2) is 4.39 Å². The van der Waals surface area contributed by atoms with Crippen molar-refractivity contribution < 1.29 is 9.50 Å². The largest absolute Gasteiger partial charge is 0.384 e. The van der Waals surface area contributed by atoms with E-state index < -0.39 is 6.10 Å². The number of halogens is 2. The van der Waals surface area contributed by atoms with Crippen LogP contribution in [0.4, 0.5) is 4.39 Å². The van der Waals surface area contributed by atoms with Gasteiger partial charge in [-0.2, -0.15) is 0 Å². The highest BCUT2D eigenvalue weighted by Gasteiger charge is 2.11. The highest BCUT2D eigenvalue weighted by molar-refractivity contribution is 6.30. The van der Waals surface area contributed by atoms with E-state index in [1.54, 1.807) is 37.3 Å². The zero-order chi connectivity index (χ0) is 12.4. The van der Waals surface area contributed by atoms with Gasteiger partial charge in [-0.1, -0.05) is 29.8 Å². The fraction of sp³-hybridized carbons (Fsp3) is 0.143. The van der Waals surface area contributed by atoms with E-state index in [1.165, 1.54) is 12.1 Å². The molecule has 0 aliphatic rings. The van der Waals surface area contributed by atoms with Crippen LogP contribution in [0.1, 0.15) is 22.8 Å². The molecular weight excluding hydrogens is 239 g/mol. The summed E-state index contributed by atoms with van der Waals surface area (Å²) in [5, 5.41) is 10.7. The van der Waals surface area contributed by atoms with Gasteiger partial charge in [0.2, 0.25) is 0 Å². The fourth-order valence-corrected chi connectivity index (χ4v) is 1.89. The van der Waals surface area contributed by atoms with Gasteiger partial charge in [0.05, 0.1) is 0 Å². The summed E-state index contributed by atoms with van der Waals surface area (Å²) in [5.74, 6) is -0.340. The number of hydrogen-bond acceptors (Lipinski definition) is 1. The van der Waals surface area contributed by atoms with Gasteiger partial charge in [-0.3, -0.25) is 0 Å². The van der Waals surface area contributed by atoms with Crippen molar-refractivity contribution in [1.82, 2.24) is 0 Å². The molecule has 0 saturated heterocycles. The molecule has 1 unspecified atom stereocenters. The molecule has 0 fully saturated rings. The Balaban J connectivity index is 2.36. The Labute approximate surface area is 104 Å². The molecule has 17 heavy (non-hydrogen) atoms. The zero-order valence-electron chi connectivity index (χ0n) is 9.32. The maximum Gasteiger partial charge on any atom is 0.123 e. The lowest BCUT2D eigenvalue weighted by Crippen LogP contribution is -2.00. The predicted molar refractivity (Wildman–Crippen MR) is 66.7 cm³/mol. The lowest BCUT2D eigenvalue weighted by molar-refractivity contribution is 0.219. The van der Waals surface area contributed by atoms with Gasteiger partial charge in [0, 0.05) is 5.02 Å². The summed E-state index contributed by atoms with van der Waals surface area (Å²) in [6, 6.07) is 11.4. The molecule has 0 heterocycles. The Hall–Kier alpha value is -1.38. The van der Waals surface area contributed by atoms with Gasteiger partial charge >= 0.3 is 0 Å². The second-order valence-corrected chi connectivity index (χ2v) is 4.45. The zero-order valence-corrected chi connectivity index (χ0v) is 10.1. The molecule has 0 aromatic heterocycles. The SMILES string of the molecule is Cc1cc(F)cc(C(O)c2ccc(Cl)cc2)c1. The number of benzene rings is 2. The average molecular weight is 251 g/mol. The molecule has 1 atom stereocenters. The molecule has 1 N–H and O–H groups in total. The van der Waals surface area contributed by atoms with E-state index in [0.717, 1.165) is 5.56 Å². The molecule has 88 valence electrons. The average Bonchev–Trinajstić information content (AvgIpc) is 2.28. The monoisotopic (exact) mass is 250 g/mol. The van der Waals surface area contributed by atoms with Gasteiger partial charge in [-0.05, 0) is 47.9 Å². The van der Waals surface area contributed by atoms with Gasteiger partial charge in [0.15, 0.2) is 0 Å². The molecule has 0 spiro atoms. The molecule has 0 radical (unpaired) electrons. The summed E-state index contributed by atoms with van der Waals surface area (Å²) in [5.41, 5.74) is 2.03. The molecule has 0 aliphatic carbocycles. The Bertz CT molecular complexity index is 502. The van der Waals surface area contributed by atoms with Gasteiger partial charge < -0.3 is 5.11 Å². The molecule has 0 aliphatic heterocycles. The van der Waals surface area contributed by atoms with Crippen molar-refractivity contribution in [2.24, 2.45) is 0 Å². The predicted octanol–water partition coefficient (Wildman–Crippen LogP) is 3.87. The van der Waals surface area contributed by atoms with Crippen molar-refractivity contribution >= 4 is 11.6 Å². The van der Waals surface area contributed by atoms with E-state index in [-0.39, 0.29) is 5.82 Å². The molecule has 0 bridgehead atoms. The van der Waals surface area contributed by atoms with Gasteiger partial charge in [0.1, 0.15) is 11.9 Å². The van der Waals surface area contributed by atoms with Crippen molar-refractivity contribution in [3.05, 3.63) is 70.0 Å². The van der Waals surface area contributed by atoms with E-state index in [1.807, 2.05) is 0 Å². The first-order valence-corrected chi connectivity index (χ1v) is 5.64. The molecule has 2 rings (SSSR count). The molecular formula is C14H12ClFO. The summed E-state index contributed by atoms with van der Waals surface area (Å²) < 4.78 is 13.2. The Kier molecular flexibility index (Phi) is 3.46. The van der Waals surface area contributed by atoms with Crippen molar-refractivity contribution in [2.45, 2.75) is 13.0 Å². The smallest absolute Gasteiger partial charge is 0.123 e. The van der Waals surface area contributed by atoms with Crippen molar-refractivity contribution in [3.8, 4) is 0 Å². The third-order valence-corrected chi connectivity index (χ3v) is 2.82. The first-order chi connectivity index (χ1) is 8.06. The molecule has 1 nitrogen and oxygen atoms in total. The van der Waals surface area contributed by atoms with Crippen molar-refractivity contribution in [2.75, 3.05) is 0 Å². The minimum Gasteiger partial charge on any atom is -0.384 e. The van der Waals surface area contributed by atoms with Crippen LogP contribution in [0.2, 0.25) is 5.02 Å². The van der Waals surface area contributed by atoms with Gasteiger partial charge in [0.25, 0.3) is 0 Å². The van der Waals surface area contributed by atoms with Crippen LogP contribution in [0.5, 0.6) is 0 Å². The molecule has 0 saturated carbocycles. The highest BCUT2D eigenvalue weighted by Crippen LogP contribution is 2.24. The van der Waals surface area contributed by atoms with Crippen LogP contribution in [0.15, 0.2) is 42.5 Å². The maximum atomic E-state index is 13.2. The molecule has 0 amide bonds. The molecule has 3 heteroatoms. The fourth-order valence-electron chi connectivity index (χ4n) is 1.76. The normalized spacial score (nSPS) is 12.5.